The summed E-state index contributed by atoms with van der Waals surface area (Å²) in [5.41, 5.74) is 12.0. The number of likely N-dealkylation sites (tertiary alicyclic amines) is 2. The zero-order valence-corrected chi connectivity index (χ0v) is 22.2. The molecule has 2 N–H and O–H groups in total. The highest BCUT2D eigenvalue weighted by Gasteiger charge is 2.52. The van der Waals surface area contributed by atoms with E-state index in [0.29, 0.717) is 28.5 Å². The van der Waals surface area contributed by atoms with Gasteiger partial charge >= 0.3 is 0 Å². The van der Waals surface area contributed by atoms with Crippen LogP contribution >= 0.6 is 0 Å². The van der Waals surface area contributed by atoms with E-state index in [0.717, 1.165) is 49.5 Å². The second-order valence-corrected chi connectivity index (χ2v) is 10.8. The molecule has 4 aromatic heterocycles. The summed E-state index contributed by atoms with van der Waals surface area (Å²) >= 11 is 0. The molecule has 0 atom stereocenters. The third-order valence-corrected chi connectivity index (χ3v) is 7.87. The number of carbonyl (C=O) groups is 1. The number of nitrogens with zero attached hydrogens (tertiary/aromatic N) is 7. The lowest BCUT2D eigenvalue weighted by atomic mass is 9.72. The number of carbonyl (C=O) groups excluding carboxylic acids is 1. The molecule has 41 heavy (non-hydrogen) atoms. The topological polar surface area (TPSA) is 106 Å². The van der Waals surface area contributed by atoms with Gasteiger partial charge in [-0.2, -0.15) is 0 Å². The van der Waals surface area contributed by atoms with E-state index >= 15 is 0 Å². The fourth-order valence-electron chi connectivity index (χ4n) is 5.97. The third kappa shape index (κ3) is 4.42. The number of aromatic nitrogens is 5. The Kier molecular flexibility index (Phi) is 5.86. The van der Waals surface area contributed by atoms with Crippen molar-refractivity contribution in [1.29, 1.82) is 0 Å². The number of anilines is 1. The highest BCUT2D eigenvalue weighted by Crippen LogP contribution is 2.40. The zero-order chi connectivity index (χ0) is 28.1. The van der Waals surface area contributed by atoms with Gasteiger partial charge in [0.05, 0.1) is 23.0 Å². The average molecular weight is 547 g/mol. The summed E-state index contributed by atoms with van der Waals surface area (Å²) in [7, 11) is 0. The summed E-state index contributed by atoms with van der Waals surface area (Å²) in [6.07, 6.45) is 5.92. The summed E-state index contributed by atoms with van der Waals surface area (Å²) in [5, 5.41) is 0. The number of hydrogen-bond donors (Lipinski definition) is 1. The van der Waals surface area contributed by atoms with Crippen LogP contribution in [0.4, 0.5) is 10.2 Å². The van der Waals surface area contributed by atoms with Crippen molar-refractivity contribution in [3.8, 4) is 28.3 Å². The minimum absolute atomic E-state index is 0.0142. The second-order valence-electron chi connectivity index (χ2n) is 10.8. The van der Waals surface area contributed by atoms with Crippen LogP contribution in [0.2, 0.25) is 0 Å². The van der Waals surface area contributed by atoms with Crippen LogP contribution in [0.5, 0.6) is 0 Å². The standard InChI is InChI=1S/C31H27FN8O/c1-2-27(41)39-18-31(19-39)16-38(17-31)15-20-5-8-23(9-6-20)40-26-12-21(25-10-7-22(32)14-35-25)13-36-29(26)37-30(40)24-4-3-11-34-28(24)33/h2-14H,1,15-19H2,(H2,33,34). The van der Waals surface area contributed by atoms with Crippen LogP contribution in [0.3, 0.4) is 0 Å². The quantitative estimate of drug-likeness (QED) is 0.320. The lowest BCUT2D eigenvalue weighted by Gasteiger charge is -2.60. The van der Waals surface area contributed by atoms with Gasteiger partial charge in [-0.1, -0.05) is 18.7 Å². The van der Waals surface area contributed by atoms with Crippen molar-refractivity contribution < 1.29 is 9.18 Å². The van der Waals surface area contributed by atoms with Crippen LogP contribution in [0.1, 0.15) is 5.56 Å². The van der Waals surface area contributed by atoms with Crippen LogP contribution < -0.4 is 5.73 Å². The van der Waals surface area contributed by atoms with E-state index in [2.05, 4.69) is 50.7 Å². The molecule has 2 saturated heterocycles. The number of fused-ring (bicyclic) bond motifs is 1. The predicted molar refractivity (Wildman–Crippen MR) is 154 cm³/mol. The van der Waals surface area contributed by atoms with E-state index in [1.54, 1.807) is 18.5 Å². The van der Waals surface area contributed by atoms with Crippen LogP contribution in [0.15, 0.2) is 85.8 Å². The summed E-state index contributed by atoms with van der Waals surface area (Å²) in [5.74, 6) is 0.619. The van der Waals surface area contributed by atoms with Crippen molar-refractivity contribution in [1.82, 2.24) is 34.3 Å². The van der Waals surface area contributed by atoms with Crippen molar-refractivity contribution in [2.24, 2.45) is 5.41 Å². The van der Waals surface area contributed by atoms with E-state index < -0.39 is 5.82 Å². The number of amides is 1. The fraction of sp³-hybridized carbons (Fsp3) is 0.194. The van der Waals surface area contributed by atoms with Crippen molar-refractivity contribution in [2.45, 2.75) is 6.54 Å². The molecule has 2 aliphatic rings. The van der Waals surface area contributed by atoms with Crippen LogP contribution in [-0.4, -0.2) is 66.4 Å². The molecule has 5 aromatic rings. The molecule has 0 bridgehead atoms. The molecular formula is C31H27FN8O. The number of nitrogens with two attached hydrogens (primary N) is 1. The van der Waals surface area contributed by atoms with Gasteiger partial charge in [0.25, 0.3) is 0 Å². The zero-order valence-electron chi connectivity index (χ0n) is 22.2. The molecule has 0 saturated carbocycles. The maximum Gasteiger partial charge on any atom is 0.245 e. The molecular weight excluding hydrogens is 519 g/mol. The summed E-state index contributed by atoms with van der Waals surface area (Å²) in [6.45, 7) is 8.01. The molecule has 0 aliphatic carbocycles. The van der Waals surface area contributed by atoms with Gasteiger partial charge in [0.2, 0.25) is 5.91 Å². The van der Waals surface area contributed by atoms with Gasteiger partial charge in [-0.15, -0.1) is 0 Å². The number of nitrogen functional groups attached to an aromatic ring is 1. The number of hydrogen-bond acceptors (Lipinski definition) is 7. The Morgan fingerprint density at radius 1 is 1.02 bits per heavy atom. The van der Waals surface area contributed by atoms with E-state index in [4.69, 9.17) is 10.7 Å². The Hall–Kier alpha value is -4.96. The van der Waals surface area contributed by atoms with Gasteiger partial charge in [0, 0.05) is 61.8 Å². The van der Waals surface area contributed by atoms with E-state index in [9.17, 15) is 9.18 Å². The maximum absolute atomic E-state index is 13.5. The first-order chi connectivity index (χ1) is 19.9. The number of benzene rings is 1. The van der Waals surface area contributed by atoms with E-state index in [-0.39, 0.29) is 11.3 Å². The monoisotopic (exact) mass is 546 g/mol. The summed E-state index contributed by atoms with van der Waals surface area (Å²) < 4.78 is 15.5. The highest BCUT2D eigenvalue weighted by atomic mass is 19.1. The molecule has 10 heteroatoms. The Balaban J connectivity index is 1.19. The third-order valence-electron chi connectivity index (χ3n) is 7.87. The minimum Gasteiger partial charge on any atom is -0.383 e. The van der Waals surface area contributed by atoms with Crippen molar-refractivity contribution in [3.63, 3.8) is 0 Å². The molecule has 9 nitrogen and oxygen atoms in total. The number of pyridine rings is 3. The van der Waals surface area contributed by atoms with Crippen LogP contribution in [0.25, 0.3) is 39.5 Å². The van der Waals surface area contributed by atoms with Crippen LogP contribution in [-0.2, 0) is 11.3 Å². The number of imidazole rings is 1. The molecule has 1 aromatic carbocycles. The normalized spacial score (nSPS) is 16.0. The molecule has 0 radical (unpaired) electrons. The molecule has 2 aliphatic heterocycles. The Bertz CT molecular complexity index is 1780. The van der Waals surface area contributed by atoms with Crippen molar-refractivity contribution in [3.05, 3.63) is 97.2 Å². The van der Waals surface area contributed by atoms with Crippen LogP contribution in [0, 0.1) is 11.2 Å². The molecule has 6 heterocycles. The maximum atomic E-state index is 13.5. The molecule has 1 spiro atoms. The van der Waals surface area contributed by atoms with Gasteiger partial charge in [0.15, 0.2) is 11.5 Å². The molecule has 2 fully saturated rings. The van der Waals surface area contributed by atoms with E-state index in [1.165, 1.54) is 23.9 Å². The second kappa shape index (κ2) is 9.60. The van der Waals surface area contributed by atoms with Gasteiger partial charge in [-0.05, 0) is 54.1 Å². The highest BCUT2D eigenvalue weighted by molar-refractivity contribution is 5.88. The number of rotatable bonds is 6. The summed E-state index contributed by atoms with van der Waals surface area (Å²) in [4.78, 5) is 34.0. The minimum atomic E-state index is -0.395. The fourth-order valence-corrected chi connectivity index (χ4v) is 5.97. The van der Waals surface area contributed by atoms with Gasteiger partial charge < -0.3 is 10.6 Å². The smallest absolute Gasteiger partial charge is 0.245 e. The first kappa shape index (κ1) is 25.0. The molecule has 1 amide bonds. The van der Waals surface area contributed by atoms with Gasteiger partial charge in [-0.25, -0.2) is 19.3 Å². The lowest BCUT2D eigenvalue weighted by Crippen LogP contribution is -2.72. The first-order valence-electron chi connectivity index (χ1n) is 13.4. The summed E-state index contributed by atoms with van der Waals surface area (Å²) in [6, 6.07) is 17.1. The molecule has 204 valence electrons. The molecule has 7 rings (SSSR count). The van der Waals surface area contributed by atoms with Crippen molar-refractivity contribution >= 4 is 22.9 Å². The SMILES string of the molecule is C=CC(=O)N1CC2(CN(Cc3ccc(-n4c(-c5cccnc5N)nc5ncc(-c6ccc(F)cn6)cc54)cc3)C2)C1. The van der Waals surface area contributed by atoms with Crippen molar-refractivity contribution in [2.75, 3.05) is 31.9 Å². The van der Waals surface area contributed by atoms with E-state index in [1.807, 2.05) is 27.7 Å². The number of halogens is 1. The Labute approximate surface area is 235 Å². The predicted octanol–water partition coefficient (Wildman–Crippen LogP) is 4.10. The molecule has 0 unspecified atom stereocenters. The van der Waals surface area contributed by atoms with Gasteiger partial charge in [0.1, 0.15) is 11.6 Å². The largest absolute Gasteiger partial charge is 0.383 e. The Morgan fingerprint density at radius 3 is 2.54 bits per heavy atom. The van der Waals surface area contributed by atoms with Gasteiger partial charge in [-0.3, -0.25) is 19.2 Å². The Morgan fingerprint density at radius 2 is 1.83 bits per heavy atom. The average Bonchev–Trinajstić information content (AvgIpc) is 3.32. The first-order valence-corrected chi connectivity index (χ1v) is 13.4. The lowest BCUT2D eigenvalue weighted by molar-refractivity contribution is -0.154.